The van der Waals surface area contributed by atoms with Crippen molar-refractivity contribution >= 4 is 21.6 Å². The molecule has 26 heavy (non-hydrogen) atoms. The highest BCUT2D eigenvalue weighted by atomic mass is 32.2. The van der Waals surface area contributed by atoms with E-state index in [0.717, 1.165) is 27.4 Å². The normalized spacial score (nSPS) is 11.0. The Morgan fingerprint density at radius 2 is 1.69 bits per heavy atom. The minimum Gasteiger partial charge on any atom is -0.497 e. The molecule has 0 fully saturated rings. The van der Waals surface area contributed by atoms with Crippen LogP contribution in [0.1, 0.15) is 11.1 Å². The fraction of sp³-hybridized carbons (Fsp3) is 0.316. The summed E-state index contributed by atoms with van der Waals surface area (Å²) in [5.41, 5.74) is 2.55. The molecule has 2 rings (SSSR count). The molecule has 2 aromatic carbocycles. The molecule has 0 radical (unpaired) electrons. The summed E-state index contributed by atoms with van der Waals surface area (Å²) >= 11 is 0. The number of sulfonamides is 1. The molecule has 140 valence electrons. The number of carbonyl (C=O) groups excluding carboxylic acids is 1. The van der Waals surface area contributed by atoms with Crippen LogP contribution in [0.25, 0.3) is 0 Å². The molecule has 1 N–H and O–H groups in total. The van der Waals surface area contributed by atoms with Gasteiger partial charge in [-0.15, -0.1) is 0 Å². The van der Waals surface area contributed by atoms with Gasteiger partial charge in [-0.1, -0.05) is 29.8 Å². The topological polar surface area (TPSA) is 75.7 Å². The number of rotatable bonds is 8. The van der Waals surface area contributed by atoms with E-state index < -0.39 is 10.0 Å². The van der Waals surface area contributed by atoms with Crippen molar-refractivity contribution in [2.24, 2.45) is 0 Å². The molecule has 0 aliphatic rings. The molecule has 0 spiro atoms. The summed E-state index contributed by atoms with van der Waals surface area (Å²) in [6.45, 7) is 2.10. The van der Waals surface area contributed by atoms with Gasteiger partial charge in [0.25, 0.3) is 0 Å². The third-order valence-corrected chi connectivity index (χ3v) is 5.04. The van der Waals surface area contributed by atoms with Crippen molar-refractivity contribution in [2.75, 3.05) is 30.8 Å². The number of anilines is 1. The van der Waals surface area contributed by atoms with Gasteiger partial charge in [-0.3, -0.25) is 9.10 Å². The molecule has 6 nitrogen and oxygen atoms in total. The van der Waals surface area contributed by atoms with Gasteiger partial charge in [-0.05, 0) is 43.2 Å². The van der Waals surface area contributed by atoms with Crippen molar-refractivity contribution < 1.29 is 17.9 Å². The van der Waals surface area contributed by atoms with E-state index in [1.807, 2.05) is 43.3 Å². The molecule has 0 aliphatic carbocycles. The summed E-state index contributed by atoms with van der Waals surface area (Å²) in [7, 11) is -1.94. The number of hydrogen-bond acceptors (Lipinski definition) is 4. The average molecular weight is 376 g/mol. The van der Waals surface area contributed by atoms with Crippen LogP contribution in [0.3, 0.4) is 0 Å². The third-order valence-electron chi connectivity index (χ3n) is 3.90. The Balaban J connectivity index is 1.93. The third kappa shape index (κ3) is 5.77. The number of ether oxygens (including phenoxy) is 1. The van der Waals surface area contributed by atoms with Crippen molar-refractivity contribution in [3.05, 3.63) is 59.7 Å². The molecule has 0 bridgehead atoms. The summed E-state index contributed by atoms with van der Waals surface area (Å²) in [6.07, 6.45) is 1.75. The SMILES string of the molecule is COc1ccc(CCNC(=O)CN(c2ccc(C)cc2)S(C)(=O)=O)cc1. The first-order valence-corrected chi connectivity index (χ1v) is 10.1. The lowest BCUT2D eigenvalue weighted by Gasteiger charge is -2.22. The smallest absolute Gasteiger partial charge is 0.240 e. The maximum Gasteiger partial charge on any atom is 0.240 e. The van der Waals surface area contributed by atoms with E-state index in [2.05, 4.69) is 5.32 Å². The van der Waals surface area contributed by atoms with Crippen LogP contribution in [0.5, 0.6) is 5.75 Å². The zero-order valence-corrected chi connectivity index (χ0v) is 16.0. The summed E-state index contributed by atoms with van der Waals surface area (Å²) < 4.78 is 30.3. The molecule has 7 heteroatoms. The van der Waals surface area contributed by atoms with Gasteiger partial charge >= 0.3 is 0 Å². The van der Waals surface area contributed by atoms with Crippen molar-refractivity contribution in [1.29, 1.82) is 0 Å². The summed E-state index contributed by atoms with van der Waals surface area (Å²) in [5, 5.41) is 2.77. The van der Waals surface area contributed by atoms with Crippen LogP contribution in [0.2, 0.25) is 0 Å². The van der Waals surface area contributed by atoms with Crippen LogP contribution < -0.4 is 14.4 Å². The Kier molecular flexibility index (Phi) is 6.63. The van der Waals surface area contributed by atoms with Gasteiger partial charge < -0.3 is 10.1 Å². The van der Waals surface area contributed by atoms with Crippen LogP contribution in [0, 0.1) is 6.92 Å². The molecule has 0 saturated heterocycles. The second-order valence-electron chi connectivity index (χ2n) is 6.05. The van der Waals surface area contributed by atoms with Gasteiger partial charge in [0.15, 0.2) is 0 Å². The molecular weight excluding hydrogens is 352 g/mol. The van der Waals surface area contributed by atoms with Gasteiger partial charge in [0.05, 0.1) is 19.1 Å². The largest absolute Gasteiger partial charge is 0.497 e. The average Bonchev–Trinajstić information content (AvgIpc) is 2.60. The number of carbonyl (C=O) groups is 1. The van der Waals surface area contributed by atoms with Crippen LogP contribution >= 0.6 is 0 Å². The Morgan fingerprint density at radius 3 is 2.23 bits per heavy atom. The van der Waals surface area contributed by atoms with Crippen molar-refractivity contribution in [2.45, 2.75) is 13.3 Å². The fourth-order valence-corrected chi connectivity index (χ4v) is 3.29. The van der Waals surface area contributed by atoms with E-state index in [-0.39, 0.29) is 12.5 Å². The van der Waals surface area contributed by atoms with Crippen molar-refractivity contribution in [3.8, 4) is 5.75 Å². The monoisotopic (exact) mass is 376 g/mol. The van der Waals surface area contributed by atoms with Crippen molar-refractivity contribution in [1.82, 2.24) is 5.32 Å². The highest BCUT2D eigenvalue weighted by Gasteiger charge is 2.20. The number of nitrogens with zero attached hydrogens (tertiary/aromatic N) is 1. The molecule has 0 heterocycles. The van der Waals surface area contributed by atoms with Gasteiger partial charge in [-0.2, -0.15) is 0 Å². The first-order chi connectivity index (χ1) is 12.3. The molecule has 0 unspecified atom stereocenters. The highest BCUT2D eigenvalue weighted by Crippen LogP contribution is 2.17. The maximum atomic E-state index is 12.2. The Labute approximate surface area is 154 Å². The van der Waals surface area contributed by atoms with E-state index in [0.29, 0.717) is 18.7 Å². The first kappa shape index (κ1) is 19.8. The van der Waals surface area contributed by atoms with Crippen molar-refractivity contribution in [3.63, 3.8) is 0 Å². The van der Waals surface area contributed by atoms with Gasteiger partial charge in [0.1, 0.15) is 12.3 Å². The fourth-order valence-electron chi connectivity index (χ4n) is 2.44. The quantitative estimate of drug-likeness (QED) is 0.766. The van der Waals surface area contributed by atoms with Gasteiger partial charge in [-0.25, -0.2) is 8.42 Å². The molecule has 0 atom stereocenters. The van der Waals surface area contributed by atoms with E-state index in [9.17, 15) is 13.2 Å². The predicted molar refractivity (Wildman–Crippen MR) is 103 cm³/mol. The second-order valence-corrected chi connectivity index (χ2v) is 7.96. The predicted octanol–water partition coefficient (Wildman–Crippen LogP) is 2.13. The molecule has 0 saturated carbocycles. The van der Waals surface area contributed by atoms with Crippen LogP contribution in [-0.2, 0) is 21.2 Å². The zero-order chi connectivity index (χ0) is 19.2. The van der Waals surface area contributed by atoms with Crippen LogP contribution in [-0.4, -0.2) is 40.8 Å². The summed E-state index contributed by atoms with van der Waals surface area (Å²) in [4.78, 5) is 12.2. The number of nitrogens with one attached hydrogen (secondary N) is 1. The van der Waals surface area contributed by atoms with Gasteiger partial charge in [0.2, 0.25) is 15.9 Å². The lowest BCUT2D eigenvalue weighted by atomic mass is 10.1. The minimum absolute atomic E-state index is 0.246. The lowest BCUT2D eigenvalue weighted by molar-refractivity contribution is -0.119. The Morgan fingerprint density at radius 1 is 1.08 bits per heavy atom. The van der Waals surface area contributed by atoms with E-state index >= 15 is 0 Å². The number of amides is 1. The maximum absolute atomic E-state index is 12.2. The molecule has 0 aromatic heterocycles. The van der Waals surface area contributed by atoms with Crippen LogP contribution in [0.4, 0.5) is 5.69 Å². The number of methoxy groups -OCH3 is 1. The molecule has 2 aromatic rings. The first-order valence-electron chi connectivity index (χ1n) is 8.23. The standard InChI is InChI=1S/C19H24N2O4S/c1-15-4-8-17(9-5-15)21(26(3,23)24)14-19(22)20-13-12-16-6-10-18(25-2)11-7-16/h4-11H,12-14H2,1-3H3,(H,20,22). The number of benzene rings is 2. The van der Waals surface area contributed by atoms with Gasteiger partial charge in [0, 0.05) is 6.54 Å². The summed E-state index contributed by atoms with van der Waals surface area (Å²) in [5.74, 6) is 0.434. The second kappa shape index (κ2) is 8.71. The minimum atomic E-state index is -3.55. The van der Waals surface area contributed by atoms with Crippen LogP contribution in [0.15, 0.2) is 48.5 Å². The molecular formula is C19H24N2O4S. The zero-order valence-electron chi connectivity index (χ0n) is 15.2. The van der Waals surface area contributed by atoms with E-state index in [1.54, 1.807) is 19.2 Å². The van der Waals surface area contributed by atoms with E-state index in [1.165, 1.54) is 0 Å². The Hall–Kier alpha value is -2.54. The lowest BCUT2D eigenvalue weighted by Crippen LogP contribution is -2.40. The van der Waals surface area contributed by atoms with E-state index in [4.69, 9.17) is 4.74 Å². The Bertz CT molecular complexity index is 831. The summed E-state index contributed by atoms with van der Waals surface area (Å²) in [6, 6.07) is 14.6. The molecule has 1 amide bonds. The number of hydrogen-bond donors (Lipinski definition) is 1. The highest BCUT2D eigenvalue weighted by molar-refractivity contribution is 7.92. The number of aryl methyl sites for hydroxylation is 1. The molecule has 0 aliphatic heterocycles.